The number of carbonyl (C=O) groups excluding carboxylic acids is 2. The number of rotatable bonds is 4. The fourth-order valence-corrected chi connectivity index (χ4v) is 3.95. The number of thiophene rings is 1. The summed E-state index contributed by atoms with van der Waals surface area (Å²) in [7, 11) is 1.34. The number of amides is 1. The summed E-state index contributed by atoms with van der Waals surface area (Å²) in [6.45, 7) is 3.88. The second-order valence-electron chi connectivity index (χ2n) is 6.00. The van der Waals surface area contributed by atoms with Crippen LogP contribution in [0.2, 0.25) is 0 Å². The third-order valence-corrected chi connectivity index (χ3v) is 5.25. The van der Waals surface area contributed by atoms with Gasteiger partial charge in [0.2, 0.25) is 0 Å². The van der Waals surface area contributed by atoms with Crippen molar-refractivity contribution < 1.29 is 19.1 Å². The predicted molar refractivity (Wildman–Crippen MR) is 104 cm³/mol. The quantitative estimate of drug-likeness (QED) is 0.810. The van der Waals surface area contributed by atoms with Gasteiger partial charge in [-0.1, -0.05) is 36.4 Å². The molecular weight excluding hydrogens is 364 g/mol. The highest BCUT2D eigenvalue weighted by Crippen LogP contribution is 2.38. The number of methoxy groups -OCH3 is 1. The smallest absolute Gasteiger partial charge is 0.415 e. The molecule has 2 unspecified atom stereocenters. The monoisotopic (exact) mass is 386 g/mol. The number of nitrogens with one attached hydrogen (secondary N) is 1. The van der Waals surface area contributed by atoms with E-state index in [0.29, 0.717) is 11.3 Å². The molecule has 2 heterocycles. The minimum Gasteiger partial charge on any atom is -0.466 e. The first-order valence-corrected chi connectivity index (χ1v) is 9.59. The van der Waals surface area contributed by atoms with Gasteiger partial charge in [-0.25, -0.2) is 9.59 Å². The Labute approximate surface area is 162 Å². The Bertz CT molecular complexity index is 833. The summed E-state index contributed by atoms with van der Waals surface area (Å²) in [6, 6.07) is 12.9. The highest BCUT2D eigenvalue weighted by Gasteiger charge is 2.41. The molecule has 0 bridgehead atoms. The van der Waals surface area contributed by atoms with Crippen molar-refractivity contribution in [2.24, 2.45) is 0 Å². The van der Waals surface area contributed by atoms with Crippen molar-refractivity contribution in [3.8, 4) is 0 Å². The van der Waals surface area contributed by atoms with Crippen molar-refractivity contribution in [1.82, 2.24) is 10.2 Å². The average molecular weight is 386 g/mol. The molecule has 0 radical (unpaired) electrons. The zero-order chi connectivity index (χ0) is 19.4. The van der Waals surface area contributed by atoms with Crippen LogP contribution in [0, 0.1) is 0 Å². The van der Waals surface area contributed by atoms with Crippen LogP contribution in [0.5, 0.6) is 0 Å². The van der Waals surface area contributed by atoms with E-state index in [2.05, 4.69) is 5.32 Å². The van der Waals surface area contributed by atoms with E-state index >= 15 is 0 Å². The molecule has 0 spiro atoms. The zero-order valence-electron chi connectivity index (χ0n) is 15.5. The van der Waals surface area contributed by atoms with Gasteiger partial charge < -0.3 is 9.47 Å². The van der Waals surface area contributed by atoms with Gasteiger partial charge in [0.1, 0.15) is 6.17 Å². The molecule has 0 saturated heterocycles. The Hall–Kier alpha value is -2.64. The molecular formula is C20H22N2O4S. The van der Waals surface area contributed by atoms with E-state index in [-0.39, 0.29) is 12.6 Å². The lowest BCUT2D eigenvalue weighted by atomic mass is 9.96. The zero-order valence-corrected chi connectivity index (χ0v) is 16.3. The molecule has 0 fully saturated rings. The van der Waals surface area contributed by atoms with Gasteiger partial charge in [-0.2, -0.15) is 0 Å². The van der Waals surface area contributed by atoms with Crippen molar-refractivity contribution in [3.63, 3.8) is 0 Å². The summed E-state index contributed by atoms with van der Waals surface area (Å²) < 4.78 is 10.3. The summed E-state index contributed by atoms with van der Waals surface area (Å²) in [6.07, 6.45) is -0.960. The predicted octanol–water partition coefficient (Wildman–Crippen LogP) is 3.78. The van der Waals surface area contributed by atoms with Crippen molar-refractivity contribution >= 4 is 29.1 Å². The van der Waals surface area contributed by atoms with Crippen LogP contribution >= 0.6 is 11.3 Å². The molecule has 27 heavy (non-hydrogen) atoms. The number of esters is 1. The molecule has 1 aromatic heterocycles. The van der Waals surface area contributed by atoms with E-state index in [1.807, 2.05) is 54.8 Å². The molecule has 1 amide bonds. The second-order valence-corrected chi connectivity index (χ2v) is 6.97. The fraction of sp³-hybridized carbons (Fsp3) is 0.300. The topological polar surface area (TPSA) is 67.9 Å². The standard InChI is InChI=1S/C20H22N2O4S/c1-4-26-20(24)22-17(14-9-6-5-7-10-14)16(19(23)25-3)13(2)21-18(22)15-11-8-12-27-15/h5-13,18,21H,4H2,1-3H3. The van der Waals surface area contributed by atoms with Crippen LogP contribution in [0.3, 0.4) is 0 Å². The van der Waals surface area contributed by atoms with E-state index in [1.165, 1.54) is 23.3 Å². The van der Waals surface area contributed by atoms with Gasteiger partial charge in [-0.05, 0) is 30.9 Å². The lowest BCUT2D eigenvalue weighted by Gasteiger charge is -2.40. The van der Waals surface area contributed by atoms with Crippen molar-refractivity contribution in [1.29, 1.82) is 0 Å². The number of benzene rings is 1. The number of hydrogen-bond donors (Lipinski definition) is 1. The van der Waals surface area contributed by atoms with Crippen LogP contribution in [0.15, 0.2) is 53.4 Å². The first-order chi connectivity index (χ1) is 13.1. The Morgan fingerprint density at radius 1 is 1.19 bits per heavy atom. The number of carbonyl (C=O) groups is 2. The molecule has 0 saturated carbocycles. The van der Waals surface area contributed by atoms with E-state index in [1.54, 1.807) is 6.92 Å². The van der Waals surface area contributed by atoms with Crippen LogP contribution in [-0.4, -0.2) is 36.7 Å². The van der Waals surface area contributed by atoms with Crippen LogP contribution < -0.4 is 5.32 Å². The summed E-state index contributed by atoms with van der Waals surface area (Å²) >= 11 is 1.53. The highest BCUT2D eigenvalue weighted by atomic mass is 32.1. The van der Waals surface area contributed by atoms with E-state index in [4.69, 9.17) is 9.47 Å². The third kappa shape index (κ3) is 3.74. The number of hydrogen-bond acceptors (Lipinski definition) is 6. The van der Waals surface area contributed by atoms with E-state index < -0.39 is 18.2 Å². The largest absolute Gasteiger partial charge is 0.466 e. The molecule has 6 nitrogen and oxygen atoms in total. The van der Waals surface area contributed by atoms with Gasteiger partial charge in [0.05, 0.1) is 25.0 Å². The van der Waals surface area contributed by atoms with Crippen LogP contribution in [0.25, 0.3) is 5.70 Å². The maximum Gasteiger partial charge on any atom is 0.415 e. The molecule has 3 rings (SSSR count). The normalized spacial score (nSPS) is 19.7. The number of ether oxygens (including phenoxy) is 2. The van der Waals surface area contributed by atoms with E-state index in [9.17, 15) is 9.59 Å². The molecule has 7 heteroatoms. The van der Waals surface area contributed by atoms with Gasteiger partial charge in [0, 0.05) is 10.9 Å². The minimum atomic E-state index is -0.518. The van der Waals surface area contributed by atoms with Crippen LogP contribution in [-0.2, 0) is 14.3 Å². The van der Waals surface area contributed by atoms with Crippen molar-refractivity contribution in [3.05, 3.63) is 63.9 Å². The maximum absolute atomic E-state index is 12.9. The number of nitrogens with zero attached hydrogens (tertiary/aromatic N) is 1. The maximum atomic E-state index is 12.9. The minimum absolute atomic E-state index is 0.234. The van der Waals surface area contributed by atoms with Gasteiger partial charge in [0.15, 0.2) is 0 Å². The first-order valence-electron chi connectivity index (χ1n) is 8.71. The van der Waals surface area contributed by atoms with Gasteiger partial charge in [0.25, 0.3) is 0 Å². The first kappa shape index (κ1) is 19.1. The Kier molecular flexibility index (Phi) is 5.93. The molecule has 2 aromatic rings. The molecule has 0 aliphatic carbocycles. The Morgan fingerprint density at radius 3 is 2.52 bits per heavy atom. The molecule has 1 N–H and O–H groups in total. The average Bonchev–Trinajstić information content (AvgIpc) is 3.22. The van der Waals surface area contributed by atoms with Crippen molar-refractivity contribution in [2.75, 3.05) is 13.7 Å². The molecule has 1 aromatic carbocycles. The second kappa shape index (κ2) is 8.37. The molecule has 1 aliphatic rings. The lowest BCUT2D eigenvalue weighted by molar-refractivity contribution is -0.136. The molecule has 142 valence electrons. The van der Waals surface area contributed by atoms with Crippen LogP contribution in [0.4, 0.5) is 4.79 Å². The van der Waals surface area contributed by atoms with Gasteiger partial charge in [-0.15, -0.1) is 11.3 Å². The molecule has 1 aliphatic heterocycles. The Balaban J connectivity index is 2.24. The third-order valence-electron chi connectivity index (χ3n) is 4.32. The SMILES string of the molecule is CCOC(=O)N1C(c2ccccc2)=C(C(=O)OC)C(C)NC1c1cccs1. The van der Waals surface area contributed by atoms with Gasteiger partial charge >= 0.3 is 12.1 Å². The fourth-order valence-electron chi connectivity index (χ4n) is 3.18. The van der Waals surface area contributed by atoms with Crippen molar-refractivity contribution in [2.45, 2.75) is 26.1 Å². The summed E-state index contributed by atoms with van der Waals surface area (Å²) in [5.74, 6) is -0.479. The van der Waals surface area contributed by atoms with Gasteiger partial charge in [-0.3, -0.25) is 10.2 Å². The van der Waals surface area contributed by atoms with E-state index in [0.717, 1.165) is 10.4 Å². The lowest BCUT2D eigenvalue weighted by Crippen LogP contribution is -2.51. The summed E-state index contributed by atoms with van der Waals surface area (Å²) in [5.41, 5.74) is 1.65. The summed E-state index contributed by atoms with van der Waals surface area (Å²) in [4.78, 5) is 28.0. The Morgan fingerprint density at radius 2 is 1.93 bits per heavy atom. The summed E-state index contributed by atoms with van der Waals surface area (Å²) in [5, 5.41) is 5.30. The molecule has 2 atom stereocenters. The highest BCUT2D eigenvalue weighted by molar-refractivity contribution is 7.10. The van der Waals surface area contributed by atoms with Crippen LogP contribution in [0.1, 0.15) is 30.5 Å².